The molecule has 0 aliphatic heterocycles. The third-order valence-electron chi connectivity index (χ3n) is 0.955. The quantitative estimate of drug-likeness (QED) is 0.430. The average molecular weight is 142 g/mol. The van der Waals surface area contributed by atoms with Gasteiger partial charge in [0, 0.05) is 12.5 Å². The molecule has 0 fully saturated rings. The van der Waals surface area contributed by atoms with Gasteiger partial charge in [-0.15, -0.1) is 0 Å². The van der Waals surface area contributed by atoms with Gasteiger partial charge < -0.3 is 4.74 Å². The van der Waals surface area contributed by atoms with Gasteiger partial charge in [0.05, 0.1) is 7.11 Å². The zero-order valence-electron chi connectivity index (χ0n) is 6.09. The number of allylic oxidation sites excluding steroid dienone is 1. The van der Waals surface area contributed by atoms with E-state index in [4.69, 9.17) is 0 Å². The van der Waals surface area contributed by atoms with Crippen LogP contribution in [0.25, 0.3) is 0 Å². The molecule has 0 unspecified atom stereocenters. The van der Waals surface area contributed by atoms with Gasteiger partial charge in [-0.1, -0.05) is 6.92 Å². The summed E-state index contributed by atoms with van der Waals surface area (Å²) in [6.45, 7) is 1.73. The molecule has 0 rings (SSSR count). The molecule has 0 N–H and O–H groups in total. The van der Waals surface area contributed by atoms with Gasteiger partial charge in [-0.3, -0.25) is 4.79 Å². The van der Waals surface area contributed by atoms with Crippen LogP contribution < -0.4 is 0 Å². The Morgan fingerprint density at radius 1 is 1.40 bits per heavy atom. The fourth-order valence-corrected chi connectivity index (χ4v) is 0.347. The second-order valence-corrected chi connectivity index (χ2v) is 1.68. The highest BCUT2D eigenvalue weighted by Gasteiger charge is 1.93. The number of hydrogen-bond donors (Lipinski definition) is 0. The van der Waals surface area contributed by atoms with E-state index >= 15 is 0 Å². The van der Waals surface area contributed by atoms with Gasteiger partial charge in [-0.05, 0) is 6.08 Å². The normalized spacial score (nSPS) is 9.80. The van der Waals surface area contributed by atoms with Crippen LogP contribution >= 0.6 is 0 Å². The second kappa shape index (κ2) is 4.73. The number of methoxy groups -OCH3 is 1. The first kappa shape index (κ1) is 8.88. The summed E-state index contributed by atoms with van der Waals surface area (Å²) < 4.78 is 4.27. The SMILES string of the molecule is CCC(=O)/C=C/C(=O)OC. The van der Waals surface area contributed by atoms with Gasteiger partial charge in [0.1, 0.15) is 0 Å². The molecule has 0 aromatic carbocycles. The summed E-state index contributed by atoms with van der Waals surface area (Å²) in [5.74, 6) is -0.577. The van der Waals surface area contributed by atoms with E-state index in [2.05, 4.69) is 4.74 Å². The maximum absolute atomic E-state index is 10.5. The molecule has 0 aromatic rings. The molecular formula is C7H10O3. The number of ketones is 1. The van der Waals surface area contributed by atoms with Crippen molar-refractivity contribution in [2.24, 2.45) is 0 Å². The molecule has 0 amide bonds. The Labute approximate surface area is 59.7 Å². The second-order valence-electron chi connectivity index (χ2n) is 1.68. The third-order valence-corrected chi connectivity index (χ3v) is 0.955. The molecule has 0 aliphatic carbocycles. The van der Waals surface area contributed by atoms with E-state index < -0.39 is 5.97 Å². The maximum Gasteiger partial charge on any atom is 0.330 e. The van der Waals surface area contributed by atoms with Crippen molar-refractivity contribution in [3.63, 3.8) is 0 Å². The average Bonchev–Trinajstić information content (AvgIpc) is 1.99. The standard InChI is InChI=1S/C7H10O3/c1-3-6(8)4-5-7(9)10-2/h4-5H,3H2,1-2H3/b5-4+. The van der Waals surface area contributed by atoms with E-state index in [1.165, 1.54) is 13.2 Å². The predicted molar refractivity (Wildman–Crippen MR) is 36.5 cm³/mol. The summed E-state index contributed by atoms with van der Waals surface area (Å²) in [5.41, 5.74) is 0. The predicted octanol–water partition coefficient (Wildman–Crippen LogP) is 0.695. The first-order chi connectivity index (χ1) is 4.70. The van der Waals surface area contributed by atoms with Crippen molar-refractivity contribution in [3.05, 3.63) is 12.2 Å². The van der Waals surface area contributed by atoms with Gasteiger partial charge >= 0.3 is 5.97 Å². The van der Waals surface area contributed by atoms with Crippen molar-refractivity contribution in [2.75, 3.05) is 7.11 Å². The molecule has 0 bridgehead atoms. The summed E-state index contributed by atoms with van der Waals surface area (Å²) >= 11 is 0. The van der Waals surface area contributed by atoms with Crippen molar-refractivity contribution < 1.29 is 14.3 Å². The van der Waals surface area contributed by atoms with E-state index in [-0.39, 0.29) is 5.78 Å². The van der Waals surface area contributed by atoms with Crippen molar-refractivity contribution in [3.8, 4) is 0 Å². The first-order valence-corrected chi connectivity index (χ1v) is 2.99. The van der Waals surface area contributed by atoms with E-state index in [9.17, 15) is 9.59 Å². The van der Waals surface area contributed by atoms with Crippen LogP contribution in [-0.2, 0) is 14.3 Å². The lowest BCUT2D eigenvalue weighted by atomic mass is 10.3. The summed E-state index contributed by atoms with van der Waals surface area (Å²) in [6, 6.07) is 0. The van der Waals surface area contributed by atoms with Crippen molar-refractivity contribution in [1.29, 1.82) is 0 Å². The topological polar surface area (TPSA) is 43.4 Å². The molecule has 10 heavy (non-hydrogen) atoms. The number of carbonyl (C=O) groups is 2. The molecule has 3 nitrogen and oxygen atoms in total. The molecule has 0 atom stereocenters. The van der Waals surface area contributed by atoms with Crippen molar-refractivity contribution >= 4 is 11.8 Å². The van der Waals surface area contributed by atoms with Crippen LogP contribution in [0.15, 0.2) is 12.2 Å². The van der Waals surface area contributed by atoms with Crippen LogP contribution in [0.4, 0.5) is 0 Å². The molecule has 0 spiro atoms. The highest BCUT2D eigenvalue weighted by molar-refractivity contribution is 5.95. The lowest BCUT2D eigenvalue weighted by molar-refractivity contribution is -0.135. The fraction of sp³-hybridized carbons (Fsp3) is 0.429. The molecule has 3 heteroatoms. The minimum atomic E-state index is -0.498. The first-order valence-electron chi connectivity index (χ1n) is 2.99. The van der Waals surface area contributed by atoms with Crippen LogP contribution in [0.3, 0.4) is 0 Å². The number of hydrogen-bond acceptors (Lipinski definition) is 3. The Hall–Kier alpha value is -1.12. The maximum atomic E-state index is 10.5. The Kier molecular flexibility index (Phi) is 4.20. The monoisotopic (exact) mass is 142 g/mol. The van der Waals surface area contributed by atoms with Crippen molar-refractivity contribution in [1.82, 2.24) is 0 Å². The van der Waals surface area contributed by atoms with Gasteiger partial charge in [0.25, 0.3) is 0 Å². The van der Waals surface area contributed by atoms with Gasteiger partial charge in [0.15, 0.2) is 5.78 Å². The van der Waals surface area contributed by atoms with Crippen molar-refractivity contribution in [2.45, 2.75) is 13.3 Å². The van der Waals surface area contributed by atoms with E-state index in [1.807, 2.05) is 0 Å². The van der Waals surface area contributed by atoms with Crippen LogP contribution in [0, 0.1) is 0 Å². The lowest BCUT2D eigenvalue weighted by Gasteiger charge is -1.87. The van der Waals surface area contributed by atoms with Gasteiger partial charge in [0.2, 0.25) is 0 Å². The molecule has 56 valence electrons. The van der Waals surface area contributed by atoms with Gasteiger partial charge in [-0.25, -0.2) is 4.79 Å². The zero-order valence-corrected chi connectivity index (χ0v) is 6.09. The minimum Gasteiger partial charge on any atom is -0.466 e. The number of rotatable bonds is 3. The summed E-state index contributed by atoms with van der Waals surface area (Å²) in [6.07, 6.45) is 2.74. The minimum absolute atomic E-state index is 0.0783. The Morgan fingerprint density at radius 3 is 2.40 bits per heavy atom. The Morgan fingerprint density at radius 2 is 2.00 bits per heavy atom. The number of ether oxygens (including phenoxy) is 1. The van der Waals surface area contributed by atoms with Gasteiger partial charge in [-0.2, -0.15) is 0 Å². The number of carbonyl (C=O) groups excluding carboxylic acids is 2. The number of esters is 1. The molecular weight excluding hydrogens is 132 g/mol. The Balaban J connectivity index is 3.75. The molecule has 0 saturated heterocycles. The smallest absolute Gasteiger partial charge is 0.330 e. The molecule has 0 saturated carbocycles. The highest BCUT2D eigenvalue weighted by Crippen LogP contribution is 1.84. The molecule has 0 aliphatic rings. The zero-order chi connectivity index (χ0) is 7.98. The lowest BCUT2D eigenvalue weighted by Crippen LogP contribution is -1.96. The molecule has 0 heterocycles. The van der Waals surface area contributed by atoms with Crippen LogP contribution in [-0.4, -0.2) is 18.9 Å². The fourth-order valence-electron chi connectivity index (χ4n) is 0.347. The largest absolute Gasteiger partial charge is 0.466 e. The van der Waals surface area contributed by atoms with Crippen LogP contribution in [0.2, 0.25) is 0 Å². The van der Waals surface area contributed by atoms with E-state index in [0.29, 0.717) is 6.42 Å². The summed E-state index contributed by atoms with van der Waals surface area (Å²) in [7, 11) is 1.27. The highest BCUT2D eigenvalue weighted by atomic mass is 16.5. The Bertz CT molecular complexity index is 140. The summed E-state index contributed by atoms with van der Waals surface area (Å²) in [4.78, 5) is 20.9. The van der Waals surface area contributed by atoms with Crippen LogP contribution in [0.5, 0.6) is 0 Å². The van der Waals surface area contributed by atoms with E-state index in [0.717, 1.165) is 6.08 Å². The van der Waals surface area contributed by atoms with Crippen LogP contribution in [0.1, 0.15) is 13.3 Å². The summed E-state index contributed by atoms with van der Waals surface area (Å²) in [5, 5.41) is 0. The molecule has 0 radical (unpaired) electrons. The molecule has 0 aromatic heterocycles. The van der Waals surface area contributed by atoms with E-state index in [1.54, 1.807) is 6.92 Å². The third kappa shape index (κ3) is 3.83.